The Morgan fingerprint density at radius 2 is 1.65 bits per heavy atom. The first-order valence-electron chi connectivity index (χ1n) is 8.65. The van der Waals surface area contributed by atoms with Gasteiger partial charge in [0.15, 0.2) is 3.95 Å². The standard InChI is InChI=1S/C21H21N3S2/c1-13-5-8-17(9-6-13)20-18(12-23-15(3)16(4)26-21(23)25)24-11-14(2)7-10-19(24)22-20/h5-11H,12H2,1-4H3. The second kappa shape index (κ2) is 6.49. The molecule has 0 saturated carbocycles. The van der Waals surface area contributed by atoms with Gasteiger partial charge in [0.05, 0.1) is 17.9 Å². The second-order valence-corrected chi connectivity index (χ2v) is 8.65. The van der Waals surface area contributed by atoms with Crippen molar-refractivity contribution in [3.05, 3.63) is 73.9 Å². The molecule has 0 spiro atoms. The van der Waals surface area contributed by atoms with E-state index in [-0.39, 0.29) is 0 Å². The van der Waals surface area contributed by atoms with Gasteiger partial charge in [-0.2, -0.15) is 0 Å². The lowest BCUT2D eigenvalue weighted by atomic mass is 10.1. The molecule has 5 heteroatoms. The topological polar surface area (TPSA) is 22.2 Å². The Kier molecular flexibility index (Phi) is 4.29. The van der Waals surface area contributed by atoms with Gasteiger partial charge in [-0.3, -0.25) is 0 Å². The maximum Gasteiger partial charge on any atom is 0.161 e. The highest BCUT2D eigenvalue weighted by Gasteiger charge is 2.16. The largest absolute Gasteiger partial charge is 0.321 e. The van der Waals surface area contributed by atoms with E-state index in [1.807, 2.05) is 0 Å². The Morgan fingerprint density at radius 1 is 0.962 bits per heavy atom. The average molecular weight is 380 g/mol. The van der Waals surface area contributed by atoms with Crippen LogP contribution in [-0.4, -0.2) is 14.0 Å². The zero-order valence-electron chi connectivity index (χ0n) is 15.4. The van der Waals surface area contributed by atoms with E-state index in [2.05, 4.69) is 79.3 Å². The molecule has 4 aromatic rings. The first-order valence-corrected chi connectivity index (χ1v) is 9.88. The number of thiazole rings is 1. The molecule has 3 heterocycles. The van der Waals surface area contributed by atoms with Crippen LogP contribution in [-0.2, 0) is 6.54 Å². The first kappa shape index (κ1) is 17.2. The zero-order valence-corrected chi connectivity index (χ0v) is 17.0. The van der Waals surface area contributed by atoms with Gasteiger partial charge in [0.2, 0.25) is 0 Å². The molecule has 132 valence electrons. The number of nitrogens with zero attached hydrogens (tertiary/aromatic N) is 3. The summed E-state index contributed by atoms with van der Waals surface area (Å²) in [6.45, 7) is 9.21. The molecule has 0 fully saturated rings. The van der Waals surface area contributed by atoms with E-state index in [1.165, 1.54) is 27.4 Å². The minimum Gasteiger partial charge on any atom is -0.321 e. The maximum atomic E-state index is 5.61. The SMILES string of the molecule is Cc1ccc(-c2nc3ccc(C)cn3c2Cn2c(C)c(C)sc2=S)cc1. The molecule has 0 N–H and O–H groups in total. The lowest BCUT2D eigenvalue weighted by Gasteiger charge is -2.10. The molecular weight excluding hydrogens is 358 g/mol. The van der Waals surface area contributed by atoms with Gasteiger partial charge >= 0.3 is 0 Å². The quantitative estimate of drug-likeness (QED) is 0.415. The van der Waals surface area contributed by atoms with Gasteiger partial charge < -0.3 is 8.97 Å². The van der Waals surface area contributed by atoms with Gasteiger partial charge in [0.1, 0.15) is 5.65 Å². The maximum absolute atomic E-state index is 5.61. The number of rotatable bonds is 3. The number of imidazole rings is 1. The summed E-state index contributed by atoms with van der Waals surface area (Å²) in [4.78, 5) is 6.21. The molecule has 0 aliphatic heterocycles. The van der Waals surface area contributed by atoms with E-state index in [9.17, 15) is 0 Å². The van der Waals surface area contributed by atoms with Crippen LogP contribution in [0.2, 0.25) is 0 Å². The summed E-state index contributed by atoms with van der Waals surface area (Å²) in [6, 6.07) is 12.8. The number of aromatic nitrogens is 3. The summed E-state index contributed by atoms with van der Waals surface area (Å²) >= 11 is 7.29. The highest BCUT2D eigenvalue weighted by Crippen LogP contribution is 2.28. The van der Waals surface area contributed by atoms with E-state index < -0.39 is 0 Å². The van der Waals surface area contributed by atoms with Crippen molar-refractivity contribution in [2.45, 2.75) is 34.2 Å². The molecule has 1 aromatic carbocycles. The number of hydrogen-bond donors (Lipinski definition) is 0. The Bertz CT molecular complexity index is 1160. The lowest BCUT2D eigenvalue weighted by molar-refractivity contribution is 0.740. The Morgan fingerprint density at radius 3 is 2.31 bits per heavy atom. The minimum atomic E-state index is 0.725. The average Bonchev–Trinajstić information content (AvgIpc) is 3.08. The Hall–Kier alpha value is -2.24. The smallest absolute Gasteiger partial charge is 0.161 e. The Balaban J connectivity index is 1.96. The highest BCUT2D eigenvalue weighted by molar-refractivity contribution is 7.73. The summed E-state index contributed by atoms with van der Waals surface area (Å²) in [6.07, 6.45) is 2.16. The van der Waals surface area contributed by atoms with Gasteiger partial charge in [0.25, 0.3) is 0 Å². The molecule has 0 unspecified atom stereocenters. The van der Waals surface area contributed by atoms with Crippen LogP contribution in [0.15, 0.2) is 42.6 Å². The molecule has 26 heavy (non-hydrogen) atoms. The van der Waals surface area contributed by atoms with E-state index in [4.69, 9.17) is 17.2 Å². The van der Waals surface area contributed by atoms with Crippen molar-refractivity contribution in [3.8, 4) is 11.3 Å². The van der Waals surface area contributed by atoms with E-state index >= 15 is 0 Å². The van der Waals surface area contributed by atoms with E-state index in [0.717, 1.165) is 27.4 Å². The molecular formula is C21H21N3S2. The third-order valence-corrected chi connectivity index (χ3v) is 6.34. The molecule has 0 aliphatic rings. The second-order valence-electron chi connectivity index (χ2n) is 6.80. The molecule has 0 bridgehead atoms. The predicted molar refractivity (Wildman–Crippen MR) is 112 cm³/mol. The number of hydrogen-bond acceptors (Lipinski definition) is 3. The van der Waals surface area contributed by atoms with E-state index in [1.54, 1.807) is 11.3 Å². The highest BCUT2D eigenvalue weighted by atomic mass is 32.1. The van der Waals surface area contributed by atoms with Gasteiger partial charge in [-0.1, -0.05) is 35.9 Å². The number of fused-ring (bicyclic) bond motifs is 1. The summed E-state index contributed by atoms with van der Waals surface area (Å²) in [7, 11) is 0. The molecule has 3 nitrogen and oxygen atoms in total. The van der Waals surface area contributed by atoms with Crippen molar-refractivity contribution in [2.24, 2.45) is 0 Å². The number of pyridine rings is 1. The summed E-state index contributed by atoms with van der Waals surface area (Å²) in [5, 5.41) is 0. The van der Waals surface area contributed by atoms with Crippen LogP contribution in [0.5, 0.6) is 0 Å². The molecule has 0 aliphatic carbocycles. The third kappa shape index (κ3) is 2.91. The molecule has 0 saturated heterocycles. The van der Waals surface area contributed by atoms with Gasteiger partial charge in [-0.25, -0.2) is 4.98 Å². The van der Waals surface area contributed by atoms with Crippen molar-refractivity contribution >= 4 is 29.2 Å². The van der Waals surface area contributed by atoms with Crippen LogP contribution in [0.3, 0.4) is 0 Å². The zero-order chi connectivity index (χ0) is 18.4. The van der Waals surface area contributed by atoms with Crippen molar-refractivity contribution < 1.29 is 0 Å². The predicted octanol–water partition coefficient (Wildman–Crippen LogP) is 5.88. The molecule has 0 atom stereocenters. The van der Waals surface area contributed by atoms with Crippen LogP contribution < -0.4 is 0 Å². The van der Waals surface area contributed by atoms with Gasteiger partial charge in [0, 0.05) is 22.3 Å². The normalized spacial score (nSPS) is 11.4. The minimum absolute atomic E-state index is 0.725. The molecule has 0 amide bonds. The molecule has 0 radical (unpaired) electrons. The third-order valence-electron chi connectivity index (χ3n) is 4.87. The first-order chi connectivity index (χ1) is 12.4. The van der Waals surface area contributed by atoms with E-state index in [0.29, 0.717) is 0 Å². The Labute approximate surface area is 162 Å². The summed E-state index contributed by atoms with van der Waals surface area (Å²) in [5.74, 6) is 0. The van der Waals surface area contributed by atoms with Crippen LogP contribution in [0, 0.1) is 31.6 Å². The van der Waals surface area contributed by atoms with Crippen molar-refractivity contribution in [1.82, 2.24) is 14.0 Å². The van der Waals surface area contributed by atoms with Crippen molar-refractivity contribution in [1.29, 1.82) is 0 Å². The van der Waals surface area contributed by atoms with Crippen LogP contribution in [0.1, 0.15) is 27.4 Å². The summed E-state index contributed by atoms with van der Waals surface area (Å²) < 4.78 is 5.34. The molecule has 3 aromatic heterocycles. The fourth-order valence-electron chi connectivity index (χ4n) is 3.21. The van der Waals surface area contributed by atoms with Crippen molar-refractivity contribution in [3.63, 3.8) is 0 Å². The fraction of sp³-hybridized carbons (Fsp3) is 0.238. The van der Waals surface area contributed by atoms with Crippen LogP contribution >= 0.6 is 23.6 Å². The summed E-state index contributed by atoms with van der Waals surface area (Å²) in [5.41, 5.74) is 8.01. The lowest BCUT2D eigenvalue weighted by Crippen LogP contribution is -2.06. The van der Waals surface area contributed by atoms with Crippen LogP contribution in [0.25, 0.3) is 16.9 Å². The number of aryl methyl sites for hydroxylation is 3. The van der Waals surface area contributed by atoms with Crippen LogP contribution in [0.4, 0.5) is 0 Å². The van der Waals surface area contributed by atoms with Gasteiger partial charge in [-0.05, 0) is 51.5 Å². The van der Waals surface area contributed by atoms with Gasteiger partial charge in [-0.15, -0.1) is 11.3 Å². The fourth-order valence-corrected chi connectivity index (χ4v) is 4.62. The number of benzene rings is 1. The van der Waals surface area contributed by atoms with Crippen molar-refractivity contribution in [2.75, 3.05) is 0 Å². The monoisotopic (exact) mass is 379 g/mol. The molecule has 4 rings (SSSR count).